The van der Waals surface area contributed by atoms with Crippen molar-refractivity contribution in [2.75, 3.05) is 7.05 Å². The van der Waals surface area contributed by atoms with Gasteiger partial charge in [-0.2, -0.15) is 8.78 Å². The second-order valence-corrected chi connectivity index (χ2v) is 5.91. The second-order valence-electron chi connectivity index (χ2n) is 5.91. The Balaban J connectivity index is 0.00000261. The predicted molar refractivity (Wildman–Crippen MR) is 96.6 cm³/mol. The van der Waals surface area contributed by atoms with Crippen LogP contribution >= 0.6 is 12.4 Å². The topological polar surface area (TPSA) is 67.9 Å². The van der Waals surface area contributed by atoms with Gasteiger partial charge in [0.15, 0.2) is 11.5 Å². The number of ether oxygens (including phenoxy) is 1. The maximum absolute atomic E-state index is 13.8. The van der Waals surface area contributed by atoms with Crippen LogP contribution in [0.1, 0.15) is 16.7 Å². The van der Waals surface area contributed by atoms with Crippen LogP contribution in [0.3, 0.4) is 0 Å². The van der Waals surface area contributed by atoms with Gasteiger partial charge in [-0.3, -0.25) is 9.69 Å². The molecule has 1 amide bonds. The molecule has 0 bridgehead atoms. The lowest BCUT2D eigenvalue weighted by Crippen LogP contribution is -2.41. The maximum atomic E-state index is 13.8. The molecule has 27 heavy (non-hydrogen) atoms. The quantitative estimate of drug-likeness (QED) is 0.858. The molecule has 1 atom stereocenters. The Hall–Kier alpha value is -2.74. The first kappa shape index (κ1) is 20.6. The van der Waals surface area contributed by atoms with Gasteiger partial charge in [-0.05, 0) is 47.9 Å². The van der Waals surface area contributed by atoms with E-state index in [2.05, 4.69) is 9.73 Å². The average molecular weight is 400 g/mol. The highest BCUT2D eigenvalue weighted by atomic mass is 35.5. The van der Waals surface area contributed by atoms with E-state index in [0.717, 1.165) is 0 Å². The van der Waals surface area contributed by atoms with Crippen molar-refractivity contribution in [1.82, 2.24) is 4.90 Å². The smallest absolute Gasteiger partial charge is 0.387 e. The molecule has 9 heteroatoms. The largest absolute Gasteiger partial charge is 0.435 e. The third-order valence-electron chi connectivity index (χ3n) is 4.29. The van der Waals surface area contributed by atoms with Gasteiger partial charge in [0, 0.05) is 7.05 Å². The number of nitrogens with two attached hydrogens (primary N) is 1. The third-order valence-corrected chi connectivity index (χ3v) is 4.29. The van der Waals surface area contributed by atoms with Crippen molar-refractivity contribution in [3.8, 4) is 5.75 Å². The van der Waals surface area contributed by atoms with Crippen LogP contribution in [-0.2, 0) is 10.3 Å². The lowest BCUT2D eigenvalue weighted by molar-refractivity contribution is -0.129. The van der Waals surface area contributed by atoms with E-state index in [4.69, 9.17) is 5.73 Å². The van der Waals surface area contributed by atoms with E-state index < -0.39 is 23.9 Å². The fourth-order valence-corrected chi connectivity index (χ4v) is 3.00. The highest BCUT2D eigenvalue weighted by molar-refractivity contribution is 6.08. The highest BCUT2D eigenvalue weighted by Crippen LogP contribution is 2.40. The number of carbonyl (C=O) groups excluding carboxylic acids is 1. The van der Waals surface area contributed by atoms with E-state index >= 15 is 0 Å². The number of benzene rings is 2. The first-order valence-electron chi connectivity index (χ1n) is 7.71. The van der Waals surface area contributed by atoms with Crippen molar-refractivity contribution in [3.63, 3.8) is 0 Å². The van der Waals surface area contributed by atoms with Gasteiger partial charge in [0.05, 0.1) is 0 Å². The van der Waals surface area contributed by atoms with E-state index in [1.165, 1.54) is 48.3 Å². The Morgan fingerprint density at radius 3 is 2.37 bits per heavy atom. The average Bonchev–Trinajstić information content (AvgIpc) is 2.81. The normalized spacial score (nSPS) is 19.1. The maximum Gasteiger partial charge on any atom is 0.387 e. The third kappa shape index (κ3) is 3.44. The van der Waals surface area contributed by atoms with Gasteiger partial charge in [-0.15, -0.1) is 12.4 Å². The molecule has 1 aliphatic heterocycles. The van der Waals surface area contributed by atoms with Gasteiger partial charge in [-0.1, -0.05) is 18.2 Å². The number of hydrogen-bond donors (Lipinski definition) is 1. The first-order valence-corrected chi connectivity index (χ1v) is 7.71. The number of guanidine groups is 1. The Labute approximate surface area is 160 Å². The number of alkyl halides is 2. The second kappa shape index (κ2) is 7.48. The number of amides is 1. The van der Waals surface area contributed by atoms with Crippen molar-refractivity contribution in [1.29, 1.82) is 0 Å². The van der Waals surface area contributed by atoms with Crippen LogP contribution in [0.4, 0.5) is 13.2 Å². The summed E-state index contributed by atoms with van der Waals surface area (Å²) in [6.07, 6.45) is 0. The zero-order chi connectivity index (χ0) is 19.1. The summed E-state index contributed by atoms with van der Waals surface area (Å²) >= 11 is 0. The van der Waals surface area contributed by atoms with Gasteiger partial charge in [-0.25, -0.2) is 9.38 Å². The number of rotatable bonds is 4. The van der Waals surface area contributed by atoms with E-state index in [1.54, 1.807) is 13.0 Å². The number of nitrogens with zero attached hydrogens (tertiary/aromatic N) is 2. The predicted octanol–water partition coefficient (Wildman–Crippen LogP) is 3.19. The minimum absolute atomic E-state index is 0. The summed E-state index contributed by atoms with van der Waals surface area (Å²) in [6, 6.07) is 9.76. The van der Waals surface area contributed by atoms with E-state index in [-0.39, 0.29) is 29.7 Å². The number of likely N-dealkylation sites (N-methyl/N-ethyl adjacent to an activating group) is 1. The van der Waals surface area contributed by atoms with Gasteiger partial charge in [0.1, 0.15) is 11.6 Å². The molecule has 0 saturated heterocycles. The fraction of sp³-hybridized carbons (Fsp3) is 0.222. The van der Waals surface area contributed by atoms with E-state index in [9.17, 15) is 18.0 Å². The molecule has 3 rings (SSSR count). The van der Waals surface area contributed by atoms with Gasteiger partial charge < -0.3 is 10.5 Å². The van der Waals surface area contributed by atoms with Crippen LogP contribution in [0, 0.1) is 12.7 Å². The SMILES string of the molecule is Cc1cc(C2(c3cccc(F)c3)N=C(N)N(C)C2=O)ccc1OC(F)F.Cl. The summed E-state index contributed by atoms with van der Waals surface area (Å²) in [6.45, 7) is -1.40. The molecule has 0 fully saturated rings. The van der Waals surface area contributed by atoms with E-state index in [1.807, 2.05) is 0 Å². The van der Waals surface area contributed by atoms with Gasteiger partial charge in [0.25, 0.3) is 5.91 Å². The van der Waals surface area contributed by atoms with Gasteiger partial charge in [0.2, 0.25) is 0 Å². The summed E-state index contributed by atoms with van der Waals surface area (Å²) < 4.78 is 43.2. The molecule has 1 heterocycles. The van der Waals surface area contributed by atoms with Crippen molar-refractivity contribution in [2.24, 2.45) is 10.7 Å². The molecule has 0 aliphatic carbocycles. The van der Waals surface area contributed by atoms with Crippen LogP contribution in [0.5, 0.6) is 5.75 Å². The Bertz CT molecular complexity index is 907. The molecule has 0 aromatic heterocycles. The number of aryl methyl sites for hydroxylation is 1. The monoisotopic (exact) mass is 399 g/mol. The minimum Gasteiger partial charge on any atom is -0.435 e. The summed E-state index contributed by atoms with van der Waals surface area (Å²) in [4.78, 5) is 18.5. The number of halogens is 4. The molecular formula is C18H17ClF3N3O2. The van der Waals surface area contributed by atoms with Crippen LogP contribution < -0.4 is 10.5 Å². The Morgan fingerprint density at radius 2 is 1.85 bits per heavy atom. The summed E-state index contributed by atoms with van der Waals surface area (Å²) in [5.41, 5.74) is 5.29. The van der Waals surface area contributed by atoms with Crippen LogP contribution in [0.15, 0.2) is 47.5 Å². The lowest BCUT2D eigenvalue weighted by atomic mass is 9.82. The molecule has 2 aromatic carbocycles. The Morgan fingerprint density at radius 1 is 1.19 bits per heavy atom. The number of aliphatic imine (C=N–C) groups is 1. The van der Waals surface area contributed by atoms with Crippen molar-refractivity contribution < 1.29 is 22.7 Å². The van der Waals surface area contributed by atoms with Crippen molar-refractivity contribution in [3.05, 3.63) is 65.0 Å². The summed E-state index contributed by atoms with van der Waals surface area (Å²) in [7, 11) is 1.46. The molecular weight excluding hydrogens is 383 g/mol. The zero-order valence-corrected chi connectivity index (χ0v) is 15.3. The molecule has 1 aliphatic rings. The standard InChI is InChI=1S/C18H16F3N3O2.ClH/c1-10-8-12(6-7-14(10)26-16(20)21)18(11-4-3-5-13(19)9-11)15(25)24(2)17(22)23-18;/h3-9,16H,1-2H3,(H2,22,23);1H. The van der Waals surface area contributed by atoms with Crippen molar-refractivity contribution >= 4 is 24.3 Å². The summed E-state index contributed by atoms with van der Waals surface area (Å²) in [5, 5.41) is 0. The first-order chi connectivity index (χ1) is 12.3. The molecule has 2 N–H and O–H groups in total. The minimum atomic E-state index is -2.97. The van der Waals surface area contributed by atoms with Gasteiger partial charge >= 0.3 is 6.61 Å². The number of carbonyl (C=O) groups is 1. The van der Waals surface area contributed by atoms with Crippen molar-refractivity contribution in [2.45, 2.75) is 19.1 Å². The van der Waals surface area contributed by atoms with Crippen LogP contribution in [0.25, 0.3) is 0 Å². The molecule has 0 radical (unpaired) electrons. The Kier molecular flexibility index (Phi) is 5.70. The zero-order valence-electron chi connectivity index (χ0n) is 14.4. The summed E-state index contributed by atoms with van der Waals surface area (Å²) in [5.74, 6) is -1.05. The molecule has 1 unspecified atom stereocenters. The molecule has 144 valence electrons. The highest BCUT2D eigenvalue weighted by Gasteiger charge is 2.49. The molecule has 0 saturated carbocycles. The molecule has 5 nitrogen and oxygen atoms in total. The van der Waals surface area contributed by atoms with E-state index in [0.29, 0.717) is 11.1 Å². The number of hydrogen-bond acceptors (Lipinski definition) is 4. The fourth-order valence-electron chi connectivity index (χ4n) is 3.00. The van der Waals surface area contributed by atoms with Crippen LogP contribution in [0.2, 0.25) is 0 Å². The van der Waals surface area contributed by atoms with Crippen LogP contribution in [-0.4, -0.2) is 30.4 Å². The molecule has 2 aromatic rings. The lowest BCUT2D eigenvalue weighted by Gasteiger charge is -2.26. The molecule has 0 spiro atoms.